The van der Waals surface area contributed by atoms with Crippen LogP contribution in [0.2, 0.25) is 0 Å². The van der Waals surface area contributed by atoms with Crippen LogP contribution in [0.3, 0.4) is 0 Å². The summed E-state index contributed by atoms with van der Waals surface area (Å²) in [6, 6.07) is 9.52. The molecule has 0 aliphatic heterocycles. The summed E-state index contributed by atoms with van der Waals surface area (Å²) in [5, 5.41) is 0. The van der Waals surface area contributed by atoms with Gasteiger partial charge >= 0.3 is 0 Å². The van der Waals surface area contributed by atoms with Crippen molar-refractivity contribution in [1.29, 1.82) is 0 Å². The molecule has 16 heavy (non-hydrogen) atoms. The number of nitrogens with zero attached hydrogens (tertiary/aromatic N) is 2. The third-order valence-corrected chi connectivity index (χ3v) is 1.98. The lowest BCUT2D eigenvalue weighted by atomic mass is 10.2. The molecule has 0 saturated heterocycles. The molecule has 2 N–H and O–H groups in total. The molecule has 0 aliphatic carbocycles. The number of rotatable bonds is 1. The summed E-state index contributed by atoms with van der Waals surface area (Å²) >= 11 is 0. The van der Waals surface area contributed by atoms with Gasteiger partial charge in [-0.1, -0.05) is 19.9 Å². The number of nitrogen functional groups attached to an aromatic ring is 1. The zero-order valence-electron chi connectivity index (χ0n) is 9.94. The van der Waals surface area contributed by atoms with Crippen LogP contribution in [-0.4, -0.2) is 9.97 Å². The van der Waals surface area contributed by atoms with Gasteiger partial charge in [-0.15, -0.1) is 0 Å². The minimum atomic E-state index is 0.531. The molecule has 0 saturated carbocycles. The van der Waals surface area contributed by atoms with Gasteiger partial charge in [0.25, 0.3) is 0 Å². The van der Waals surface area contributed by atoms with Gasteiger partial charge in [0, 0.05) is 17.5 Å². The van der Waals surface area contributed by atoms with Crippen molar-refractivity contribution < 1.29 is 0 Å². The van der Waals surface area contributed by atoms with Crippen LogP contribution in [0.5, 0.6) is 0 Å². The van der Waals surface area contributed by atoms with E-state index >= 15 is 0 Å². The Balaban J connectivity index is 0.000000606. The zero-order chi connectivity index (χ0) is 12.0. The average molecular weight is 215 g/mol. The SMILES string of the molecule is CC.Cc1ccc(-c2cccc(N)n2)cn1. The average Bonchev–Trinajstić information content (AvgIpc) is 2.32. The Bertz CT molecular complexity index is 435. The van der Waals surface area contributed by atoms with Gasteiger partial charge in [-0.2, -0.15) is 0 Å². The van der Waals surface area contributed by atoms with E-state index in [1.54, 1.807) is 12.3 Å². The fourth-order valence-electron chi connectivity index (χ4n) is 1.23. The molecule has 0 aliphatic rings. The largest absolute Gasteiger partial charge is 0.384 e. The predicted octanol–water partition coefficient (Wildman–Crippen LogP) is 3.06. The molecule has 84 valence electrons. The Hall–Kier alpha value is -1.90. The smallest absolute Gasteiger partial charge is 0.124 e. The van der Waals surface area contributed by atoms with Gasteiger partial charge in [-0.05, 0) is 31.2 Å². The summed E-state index contributed by atoms with van der Waals surface area (Å²) in [6.07, 6.45) is 1.80. The van der Waals surface area contributed by atoms with Crippen molar-refractivity contribution in [3.63, 3.8) is 0 Å². The molecule has 3 heteroatoms. The first kappa shape index (κ1) is 12.2. The van der Waals surface area contributed by atoms with Gasteiger partial charge < -0.3 is 5.73 Å². The summed E-state index contributed by atoms with van der Waals surface area (Å²) in [5.74, 6) is 0.531. The standard InChI is InChI=1S/C11H11N3.C2H6/c1-8-5-6-9(7-13-8)10-3-2-4-11(12)14-10;1-2/h2-7H,1H3,(H2,12,14);1-2H3. The normalized spacial score (nSPS) is 9.19. The Morgan fingerprint density at radius 2 is 1.81 bits per heavy atom. The summed E-state index contributed by atoms with van der Waals surface area (Å²) in [5.41, 5.74) is 8.44. The maximum atomic E-state index is 5.59. The summed E-state index contributed by atoms with van der Waals surface area (Å²) in [7, 11) is 0. The van der Waals surface area contributed by atoms with Crippen LogP contribution < -0.4 is 5.73 Å². The number of hydrogen-bond donors (Lipinski definition) is 1. The van der Waals surface area contributed by atoms with Gasteiger partial charge in [0.15, 0.2) is 0 Å². The van der Waals surface area contributed by atoms with Crippen LogP contribution >= 0.6 is 0 Å². The number of aryl methyl sites for hydroxylation is 1. The fourth-order valence-corrected chi connectivity index (χ4v) is 1.23. The summed E-state index contributed by atoms with van der Waals surface area (Å²) in [4.78, 5) is 8.42. The topological polar surface area (TPSA) is 51.8 Å². The van der Waals surface area contributed by atoms with Crippen molar-refractivity contribution in [2.45, 2.75) is 20.8 Å². The van der Waals surface area contributed by atoms with Crippen molar-refractivity contribution in [2.75, 3.05) is 5.73 Å². The second-order valence-electron chi connectivity index (χ2n) is 3.14. The number of aromatic nitrogens is 2. The van der Waals surface area contributed by atoms with E-state index in [-0.39, 0.29) is 0 Å². The lowest BCUT2D eigenvalue weighted by Gasteiger charge is -2.01. The Morgan fingerprint density at radius 3 is 2.38 bits per heavy atom. The van der Waals surface area contributed by atoms with Gasteiger partial charge in [0.1, 0.15) is 5.82 Å². The molecule has 0 radical (unpaired) electrons. The molecule has 0 unspecified atom stereocenters. The van der Waals surface area contributed by atoms with Crippen LogP contribution in [0, 0.1) is 6.92 Å². The molecule has 0 bridgehead atoms. The van der Waals surface area contributed by atoms with E-state index in [4.69, 9.17) is 5.73 Å². The van der Waals surface area contributed by atoms with Crippen molar-refractivity contribution in [2.24, 2.45) is 0 Å². The van der Waals surface area contributed by atoms with Gasteiger partial charge in [0.05, 0.1) is 5.69 Å². The molecular weight excluding hydrogens is 198 g/mol. The molecule has 0 amide bonds. The number of nitrogens with two attached hydrogens (primary N) is 1. The highest BCUT2D eigenvalue weighted by atomic mass is 14.8. The molecule has 3 nitrogen and oxygen atoms in total. The molecule has 2 rings (SSSR count). The van der Waals surface area contributed by atoms with Crippen LogP contribution in [0.15, 0.2) is 36.5 Å². The van der Waals surface area contributed by atoms with Crippen LogP contribution in [-0.2, 0) is 0 Å². The van der Waals surface area contributed by atoms with E-state index in [0.717, 1.165) is 17.0 Å². The van der Waals surface area contributed by atoms with Gasteiger partial charge in [-0.3, -0.25) is 4.98 Å². The maximum Gasteiger partial charge on any atom is 0.124 e. The molecule has 2 aromatic heterocycles. The molecule has 2 heterocycles. The second-order valence-corrected chi connectivity index (χ2v) is 3.14. The van der Waals surface area contributed by atoms with Crippen molar-refractivity contribution >= 4 is 5.82 Å². The monoisotopic (exact) mass is 215 g/mol. The molecule has 0 atom stereocenters. The third-order valence-electron chi connectivity index (χ3n) is 1.98. The Morgan fingerprint density at radius 1 is 1.06 bits per heavy atom. The third kappa shape index (κ3) is 3.05. The minimum Gasteiger partial charge on any atom is -0.384 e. The molecule has 2 aromatic rings. The molecule has 0 fully saturated rings. The van der Waals surface area contributed by atoms with E-state index in [2.05, 4.69) is 9.97 Å². The highest BCUT2D eigenvalue weighted by Gasteiger charge is 1.98. The number of pyridine rings is 2. The van der Waals surface area contributed by atoms with Crippen LogP contribution in [0.1, 0.15) is 19.5 Å². The quantitative estimate of drug-likeness (QED) is 0.795. The highest BCUT2D eigenvalue weighted by molar-refractivity contribution is 5.59. The van der Waals surface area contributed by atoms with E-state index in [1.165, 1.54) is 0 Å². The Kier molecular flexibility index (Phi) is 4.45. The van der Waals surface area contributed by atoms with E-state index in [1.807, 2.05) is 45.0 Å². The lowest BCUT2D eigenvalue weighted by molar-refractivity contribution is 1.19. The predicted molar refractivity (Wildman–Crippen MR) is 68.0 cm³/mol. The first-order valence-electron chi connectivity index (χ1n) is 5.41. The number of hydrogen-bond acceptors (Lipinski definition) is 3. The zero-order valence-corrected chi connectivity index (χ0v) is 9.94. The van der Waals surface area contributed by atoms with Gasteiger partial charge in [0.2, 0.25) is 0 Å². The van der Waals surface area contributed by atoms with Crippen molar-refractivity contribution in [3.8, 4) is 11.3 Å². The minimum absolute atomic E-state index is 0.531. The lowest BCUT2D eigenvalue weighted by Crippen LogP contribution is -1.91. The fraction of sp³-hybridized carbons (Fsp3) is 0.231. The summed E-state index contributed by atoms with van der Waals surface area (Å²) < 4.78 is 0. The maximum absolute atomic E-state index is 5.59. The summed E-state index contributed by atoms with van der Waals surface area (Å²) in [6.45, 7) is 5.95. The second kappa shape index (κ2) is 5.85. The Labute approximate surface area is 96.4 Å². The van der Waals surface area contributed by atoms with E-state index in [0.29, 0.717) is 5.82 Å². The van der Waals surface area contributed by atoms with Crippen molar-refractivity contribution in [3.05, 3.63) is 42.2 Å². The number of anilines is 1. The van der Waals surface area contributed by atoms with E-state index < -0.39 is 0 Å². The first-order chi connectivity index (χ1) is 7.75. The van der Waals surface area contributed by atoms with E-state index in [9.17, 15) is 0 Å². The van der Waals surface area contributed by atoms with Gasteiger partial charge in [-0.25, -0.2) is 4.98 Å². The molecule has 0 spiro atoms. The van der Waals surface area contributed by atoms with Crippen LogP contribution in [0.4, 0.5) is 5.82 Å². The molecule has 0 aromatic carbocycles. The van der Waals surface area contributed by atoms with Crippen LogP contribution in [0.25, 0.3) is 11.3 Å². The highest BCUT2D eigenvalue weighted by Crippen LogP contribution is 2.16. The molecular formula is C13H17N3. The first-order valence-corrected chi connectivity index (χ1v) is 5.41. The van der Waals surface area contributed by atoms with Crippen molar-refractivity contribution in [1.82, 2.24) is 9.97 Å².